The number of ketones is 1. The van der Waals surface area contributed by atoms with E-state index in [1.807, 2.05) is 0 Å². The quantitative estimate of drug-likeness (QED) is 0.792. The molecule has 0 atom stereocenters. The molecule has 0 bridgehead atoms. The van der Waals surface area contributed by atoms with Gasteiger partial charge in [-0.25, -0.2) is 0 Å². The normalized spacial score (nSPS) is 16.1. The number of aromatic nitrogens is 1. The maximum atomic E-state index is 10.8. The third kappa shape index (κ3) is 4.91. The topological polar surface area (TPSA) is 49.9 Å². The van der Waals surface area contributed by atoms with Crippen LogP contribution >= 0.6 is 0 Å². The second-order valence-corrected chi connectivity index (χ2v) is 4.17. The number of aromatic amines is 1. The largest absolute Gasteiger partial charge is 0.329 e. The molecule has 0 amide bonds. The number of rotatable bonds is 1. The van der Waals surface area contributed by atoms with Gasteiger partial charge in [-0.2, -0.15) is 0 Å². The fraction of sp³-hybridized carbons (Fsp3) is 0.538. The van der Waals surface area contributed by atoms with Crippen molar-refractivity contribution in [2.45, 2.75) is 39.0 Å². The van der Waals surface area contributed by atoms with Gasteiger partial charge in [0.2, 0.25) is 5.56 Å². The van der Waals surface area contributed by atoms with Gasteiger partial charge < -0.3 is 4.98 Å². The summed E-state index contributed by atoms with van der Waals surface area (Å²) in [7, 11) is 0. The van der Waals surface area contributed by atoms with Gasteiger partial charge in [-0.3, -0.25) is 9.59 Å². The first-order chi connectivity index (χ1) is 7.70. The van der Waals surface area contributed by atoms with Crippen LogP contribution in [-0.2, 0) is 4.79 Å². The third-order valence-electron chi connectivity index (χ3n) is 2.86. The predicted octanol–water partition coefficient (Wildman–Crippen LogP) is 2.53. The van der Waals surface area contributed by atoms with E-state index in [9.17, 15) is 9.59 Å². The molecule has 1 heterocycles. The number of Topliss-reactive ketones (excluding diaryl/α,β-unsaturated/α-hetero) is 1. The minimum atomic E-state index is -0.0532. The highest BCUT2D eigenvalue weighted by Crippen LogP contribution is 2.23. The Balaban J connectivity index is 0.000000165. The number of H-pyrrole nitrogens is 1. The van der Waals surface area contributed by atoms with E-state index in [2.05, 4.69) is 4.98 Å². The Labute approximate surface area is 95.9 Å². The minimum absolute atomic E-state index is 0.0532. The van der Waals surface area contributed by atoms with Crippen LogP contribution in [0.4, 0.5) is 0 Å². The van der Waals surface area contributed by atoms with E-state index in [1.165, 1.54) is 25.3 Å². The highest BCUT2D eigenvalue weighted by molar-refractivity contribution is 5.78. The van der Waals surface area contributed by atoms with Gasteiger partial charge in [0, 0.05) is 18.2 Å². The molecule has 1 aliphatic carbocycles. The highest BCUT2D eigenvalue weighted by Gasteiger charge is 2.16. The molecule has 0 saturated heterocycles. The zero-order valence-electron chi connectivity index (χ0n) is 9.74. The molecule has 88 valence electrons. The second kappa shape index (κ2) is 6.99. The summed E-state index contributed by atoms with van der Waals surface area (Å²) < 4.78 is 0. The SMILES string of the molecule is CC(=O)C1CCCCC1.O=c1cccc[nH]1. The molecule has 1 fully saturated rings. The van der Waals surface area contributed by atoms with E-state index in [0.29, 0.717) is 11.7 Å². The minimum Gasteiger partial charge on any atom is -0.329 e. The van der Waals surface area contributed by atoms with Gasteiger partial charge in [-0.1, -0.05) is 25.3 Å². The van der Waals surface area contributed by atoms with Crippen molar-refractivity contribution in [3.8, 4) is 0 Å². The van der Waals surface area contributed by atoms with E-state index >= 15 is 0 Å². The van der Waals surface area contributed by atoms with Crippen LogP contribution in [0.15, 0.2) is 29.2 Å². The van der Waals surface area contributed by atoms with E-state index in [-0.39, 0.29) is 5.56 Å². The molecule has 1 aromatic heterocycles. The molecule has 1 aromatic rings. The van der Waals surface area contributed by atoms with Crippen LogP contribution in [0.25, 0.3) is 0 Å². The number of carbonyl (C=O) groups excluding carboxylic acids is 1. The zero-order valence-corrected chi connectivity index (χ0v) is 9.74. The highest BCUT2D eigenvalue weighted by atomic mass is 16.1. The van der Waals surface area contributed by atoms with Gasteiger partial charge in [0.05, 0.1) is 0 Å². The molecule has 2 rings (SSSR count). The molecule has 3 nitrogen and oxygen atoms in total. The maximum absolute atomic E-state index is 10.8. The summed E-state index contributed by atoms with van der Waals surface area (Å²) in [6, 6.07) is 4.93. The molecule has 0 radical (unpaired) electrons. The van der Waals surface area contributed by atoms with Gasteiger partial charge in [-0.05, 0) is 25.8 Å². The Kier molecular flexibility index (Phi) is 5.54. The second-order valence-electron chi connectivity index (χ2n) is 4.17. The molecule has 1 aliphatic rings. The van der Waals surface area contributed by atoms with E-state index in [1.54, 1.807) is 25.3 Å². The monoisotopic (exact) mass is 221 g/mol. The lowest BCUT2D eigenvalue weighted by molar-refractivity contribution is -0.121. The lowest BCUT2D eigenvalue weighted by Gasteiger charge is -2.17. The molecule has 0 unspecified atom stereocenters. The van der Waals surface area contributed by atoms with Crippen molar-refractivity contribution in [2.75, 3.05) is 0 Å². The Bertz CT molecular complexity index is 347. The van der Waals surface area contributed by atoms with Crippen LogP contribution in [0.2, 0.25) is 0 Å². The number of pyridine rings is 1. The molecular weight excluding hydrogens is 202 g/mol. The predicted molar refractivity (Wildman–Crippen MR) is 64.3 cm³/mol. The summed E-state index contributed by atoms with van der Waals surface area (Å²) in [4.78, 5) is 23.5. The van der Waals surface area contributed by atoms with Crippen LogP contribution in [-0.4, -0.2) is 10.8 Å². The van der Waals surface area contributed by atoms with Crippen LogP contribution < -0.4 is 5.56 Å². The lowest BCUT2D eigenvalue weighted by Crippen LogP contribution is -2.13. The van der Waals surface area contributed by atoms with Gasteiger partial charge in [0.25, 0.3) is 0 Å². The summed E-state index contributed by atoms with van der Waals surface area (Å²) >= 11 is 0. The van der Waals surface area contributed by atoms with Crippen LogP contribution in [0.1, 0.15) is 39.0 Å². The first-order valence-electron chi connectivity index (χ1n) is 5.84. The van der Waals surface area contributed by atoms with Crippen LogP contribution in [0, 0.1) is 5.92 Å². The number of hydrogen-bond acceptors (Lipinski definition) is 2. The van der Waals surface area contributed by atoms with Crippen molar-refractivity contribution >= 4 is 5.78 Å². The fourth-order valence-corrected chi connectivity index (χ4v) is 1.89. The van der Waals surface area contributed by atoms with Crippen molar-refractivity contribution < 1.29 is 4.79 Å². The number of hydrogen-bond donors (Lipinski definition) is 1. The number of carbonyl (C=O) groups is 1. The molecule has 3 heteroatoms. The number of nitrogens with one attached hydrogen (secondary N) is 1. The van der Waals surface area contributed by atoms with Crippen molar-refractivity contribution in [3.63, 3.8) is 0 Å². The summed E-state index contributed by atoms with van der Waals surface area (Å²) in [6.45, 7) is 1.72. The Morgan fingerprint density at radius 1 is 1.25 bits per heavy atom. The summed E-state index contributed by atoms with van der Waals surface area (Å²) in [5.41, 5.74) is -0.0532. The van der Waals surface area contributed by atoms with E-state index < -0.39 is 0 Å². The summed E-state index contributed by atoms with van der Waals surface area (Å²) in [5, 5.41) is 0. The van der Waals surface area contributed by atoms with Crippen molar-refractivity contribution in [1.82, 2.24) is 4.98 Å². The molecule has 1 saturated carbocycles. The molecule has 0 aromatic carbocycles. The van der Waals surface area contributed by atoms with Crippen LogP contribution in [0.3, 0.4) is 0 Å². The first-order valence-corrected chi connectivity index (χ1v) is 5.84. The molecule has 0 spiro atoms. The van der Waals surface area contributed by atoms with Crippen LogP contribution in [0.5, 0.6) is 0 Å². The Morgan fingerprint density at radius 3 is 2.25 bits per heavy atom. The molecule has 0 aliphatic heterocycles. The van der Waals surface area contributed by atoms with Gasteiger partial charge >= 0.3 is 0 Å². The molecule has 16 heavy (non-hydrogen) atoms. The molecular formula is C13H19NO2. The lowest BCUT2D eigenvalue weighted by atomic mass is 9.87. The summed E-state index contributed by atoms with van der Waals surface area (Å²) in [6.07, 6.45) is 7.77. The average Bonchev–Trinajstić information content (AvgIpc) is 2.32. The zero-order chi connectivity index (χ0) is 11.8. The van der Waals surface area contributed by atoms with Crippen molar-refractivity contribution in [2.24, 2.45) is 5.92 Å². The van der Waals surface area contributed by atoms with E-state index in [0.717, 1.165) is 12.8 Å². The molecule has 1 N–H and O–H groups in total. The van der Waals surface area contributed by atoms with Gasteiger partial charge in [0.1, 0.15) is 5.78 Å². The maximum Gasteiger partial charge on any atom is 0.247 e. The van der Waals surface area contributed by atoms with E-state index in [4.69, 9.17) is 0 Å². The van der Waals surface area contributed by atoms with Crippen molar-refractivity contribution in [1.29, 1.82) is 0 Å². The average molecular weight is 221 g/mol. The van der Waals surface area contributed by atoms with Gasteiger partial charge in [0.15, 0.2) is 0 Å². The fourth-order valence-electron chi connectivity index (χ4n) is 1.89. The smallest absolute Gasteiger partial charge is 0.247 e. The standard InChI is InChI=1S/C8H14O.C5H5NO/c1-7(9)8-5-3-2-4-6-8;7-5-3-1-2-4-6-5/h8H,2-6H2,1H3;1-4H,(H,6,7). The summed E-state index contributed by atoms with van der Waals surface area (Å²) in [5.74, 6) is 0.813. The first kappa shape index (κ1) is 12.7. The van der Waals surface area contributed by atoms with Gasteiger partial charge in [-0.15, -0.1) is 0 Å². The Morgan fingerprint density at radius 2 is 1.94 bits per heavy atom. The Hall–Kier alpha value is -1.38. The third-order valence-corrected chi connectivity index (χ3v) is 2.86. The van der Waals surface area contributed by atoms with Crippen molar-refractivity contribution in [3.05, 3.63) is 34.7 Å².